The van der Waals surface area contributed by atoms with E-state index < -0.39 is 6.09 Å². The molecular formula is C22H23ClN6O3. The van der Waals surface area contributed by atoms with Gasteiger partial charge in [0.15, 0.2) is 5.82 Å². The SMILES string of the molecule is COC(=O)Nc1n[nH]c2cc(-c3cncc(Cl)c3N3CCC4(CCNC4=O)CC3)ccc12. The first-order valence-electron chi connectivity index (χ1n) is 10.5. The fourth-order valence-electron chi connectivity index (χ4n) is 4.74. The van der Waals surface area contributed by atoms with Crippen LogP contribution in [0.3, 0.4) is 0 Å². The molecule has 0 aliphatic carbocycles. The fraction of sp³-hybridized carbons (Fsp3) is 0.364. The molecule has 3 aromatic rings. The van der Waals surface area contributed by atoms with E-state index in [9.17, 15) is 9.59 Å². The fourth-order valence-corrected chi connectivity index (χ4v) is 5.02. The van der Waals surface area contributed by atoms with Gasteiger partial charge in [0.25, 0.3) is 0 Å². The summed E-state index contributed by atoms with van der Waals surface area (Å²) < 4.78 is 4.65. The molecule has 0 atom stereocenters. The number of halogens is 1. The molecule has 0 radical (unpaired) electrons. The molecule has 0 saturated carbocycles. The van der Waals surface area contributed by atoms with Crippen LogP contribution in [-0.4, -0.2) is 53.9 Å². The van der Waals surface area contributed by atoms with Gasteiger partial charge in [0.05, 0.1) is 28.8 Å². The van der Waals surface area contributed by atoms with Gasteiger partial charge >= 0.3 is 6.09 Å². The van der Waals surface area contributed by atoms with Gasteiger partial charge in [0.1, 0.15) is 0 Å². The maximum atomic E-state index is 12.4. The number of aromatic amines is 1. The number of nitrogens with one attached hydrogen (secondary N) is 3. The van der Waals surface area contributed by atoms with Crippen LogP contribution in [0.5, 0.6) is 0 Å². The summed E-state index contributed by atoms with van der Waals surface area (Å²) in [5.74, 6) is 0.582. The highest BCUT2D eigenvalue weighted by Crippen LogP contribution is 2.43. The van der Waals surface area contributed by atoms with Crippen molar-refractivity contribution in [3.63, 3.8) is 0 Å². The monoisotopic (exact) mass is 454 g/mol. The highest BCUT2D eigenvalue weighted by atomic mass is 35.5. The van der Waals surface area contributed by atoms with Gasteiger partial charge in [-0.1, -0.05) is 17.7 Å². The van der Waals surface area contributed by atoms with Crippen molar-refractivity contribution in [3.8, 4) is 11.1 Å². The number of amides is 2. The molecule has 2 saturated heterocycles. The van der Waals surface area contributed by atoms with E-state index in [4.69, 9.17) is 11.6 Å². The van der Waals surface area contributed by atoms with Crippen LogP contribution in [0, 0.1) is 5.41 Å². The third kappa shape index (κ3) is 3.42. The molecule has 0 unspecified atom stereocenters. The molecule has 2 fully saturated rings. The standard InChI is InChI=1S/C22H23ClN6O3/c1-32-21(31)26-19-14-3-2-13(10-17(14)27-28-19)15-11-24-12-16(23)18(15)29-8-5-22(6-9-29)4-7-25-20(22)30/h2-3,10-12H,4-9H2,1H3,(H,25,30)(H2,26,27,28,31). The first-order chi connectivity index (χ1) is 15.5. The van der Waals surface area contributed by atoms with Gasteiger partial charge in [-0.15, -0.1) is 0 Å². The predicted molar refractivity (Wildman–Crippen MR) is 122 cm³/mol. The number of ether oxygens (including phenoxy) is 1. The quantitative estimate of drug-likeness (QED) is 0.557. The molecular weight excluding hydrogens is 432 g/mol. The molecule has 2 aromatic heterocycles. The minimum Gasteiger partial charge on any atom is -0.453 e. The topological polar surface area (TPSA) is 112 Å². The Morgan fingerprint density at radius 2 is 2.06 bits per heavy atom. The lowest BCUT2D eigenvalue weighted by molar-refractivity contribution is -0.128. The summed E-state index contributed by atoms with van der Waals surface area (Å²) in [6, 6.07) is 5.79. The summed E-state index contributed by atoms with van der Waals surface area (Å²) in [5.41, 5.74) is 3.27. The summed E-state index contributed by atoms with van der Waals surface area (Å²) in [6.45, 7) is 2.27. The number of fused-ring (bicyclic) bond motifs is 1. The number of piperidine rings is 1. The van der Waals surface area contributed by atoms with E-state index in [0.29, 0.717) is 10.8 Å². The van der Waals surface area contributed by atoms with Gasteiger partial charge in [-0.05, 0) is 37.0 Å². The second kappa shape index (κ2) is 7.98. The Kier molecular flexibility index (Phi) is 5.13. The van der Waals surface area contributed by atoms with Gasteiger partial charge in [0, 0.05) is 43.0 Å². The molecule has 3 N–H and O–H groups in total. The average Bonchev–Trinajstić information content (AvgIpc) is 3.37. The first kappa shape index (κ1) is 20.6. The Labute approximate surface area is 189 Å². The van der Waals surface area contributed by atoms with Crippen LogP contribution in [0.4, 0.5) is 16.3 Å². The number of anilines is 2. The van der Waals surface area contributed by atoms with E-state index >= 15 is 0 Å². The van der Waals surface area contributed by atoms with Gasteiger partial charge in [-0.3, -0.25) is 20.2 Å². The molecule has 4 heterocycles. The number of carbonyl (C=O) groups is 2. The van der Waals surface area contributed by atoms with Gasteiger partial charge in [0.2, 0.25) is 5.91 Å². The zero-order chi connectivity index (χ0) is 22.3. The molecule has 2 aliphatic heterocycles. The highest BCUT2D eigenvalue weighted by Gasteiger charge is 2.44. The minimum absolute atomic E-state index is 0.180. The Hall–Kier alpha value is -3.33. The predicted octanol–water partition coefficient (Wildman–Crippen LogP) is 3.56. The minimum atomic E-state index is -0.581. The van der Waals surface area contributed by atoms with Gasteiger partial charge < -0.3 is 15.0 Å². The normalized spacial score (nSPS) is 17.6. The molecule has 1 aromatic carbocycles. The average molecular weight is 455 g/mol. The van der Waals surface area contributed by atoms with Crippen molar-refractivity contribution < 1.29 is 14.3 Å². The van der Waals surface area contributed by atoms with E-state index in [1.165, 1.54) is 7.11 Å². The summed E-state index contributed by atoms with van der Waals surface area (Å²) in [7, 11) is 1.30. The number of aromatic nitrogens is 3. The van der Waals surface area contributed by atoms with Crippen molar-refractivity contribution in [1.29, 1.82) is 0 Å². The summed E-state index contributed by atoms with van der Waals surface area (Å²) >= 11 is 6.62. The Morgan fingerprint density at radius 3 is 2.78 bits per heavy atom. The first-order valence-corrected chi connectivity index (χ1v) is 10.9. The number of hydrogen-bond donors (Lipinski definition) is 3. The van der Waals surface area contributed by atoms with Crippen molar-refractivity contribution in [2.45, 2.75) is 19.3 Å². The molecule has 9 nitrogen and oxygen atoms in total. The molecule has 5 rings (SSSR count). The largest absolute Gasteiger partial charge is 0.453 e. The van der Waals surface area contributed by atoms with Crippen LogP contribution in [0.25, 0.3) is 22.0 Å². The second-order valence-corrected chi connectivity index (χ2v) is 8.65. The Morgan fingerprint density at radius 1 is 1.25 bits per heavy atom. The zero-order valence-electron chi connectivity index (χ0n) is 17.6. The maximum Gasteiger partial charge on any atom is 0.412 e. The lowest BCUT2D eigenvalue weighted by Crippen LogP contribution is -2.44. The van der Waals surface area contributed by atoms with E-state index in [0.717, 1.165) is 66.6 Å². The number of benzene rings is 1. The summed E-state index contributed by atoms with van der Waals surface area (Å²) in [6.07, 6.45) is 5.38. The molecule has 10 heteroatoms. The Balaban J connectivity index is 1.46. The number of pyridine rings is 1. The second-order valence-electron chi connectivity index (χ2n) is 8.24. The number of methoxy groups -OCH3 is 1. The van der Waals surface area contributed by atoms with Crippen molar-refractivity contribution >= 4 is 46.0 Å². The van der Waals surface area contributed by atoms with Crippen LogP contribution < -0.4 is 15.5 Å². The van der Waals surface area contributed by atoms with Gasteiger partial charge in [-0.25, -0.2) is 4.79 Å². The van der Waals surface area contributed by atoms with Crippen molar-refractivity contribution in [3.05, 3.63) is 35.6 Å². The van der Waals surface area contributed by atoms with Crippen molar-refractivity contribution in [2.75, 3.05) is 37.0 Å². The maximum absolute atomic E-state index is 12.4. The van der Waals surface area contributed by atoms with E-state index in [-0.39, 0.29) is 11.3 Å². The zero-order valence-corrected chi connectivity index (χ0v) is 18.3. The lowest BCUT2D eigenvalue weighted by atomic mass is 9.77. The third-order valence-corrected chi connectivity index (χ3v) is 6.84. The number of hydrogen-bond acceptors (Lipinski definition) is 6. The molecule has 0 bridgehead atoms. The number of nitrogens with zero attached hydrogens (tertiary/aromatic N) is 3. The molecule has 2 amide bonds. The number of H-pyrrole nitrogens is 1. The lowest BCUT2D eigenvalue weighted by Gasteiger charge is -2.39. The van der Waals surface area contributed by atoms with Crippen LogP contribution in [0.2, 0.25) is 5.02 Å². The van der Waals surface area contributed by atoms with E-state index in [1.54, 1.807) is 12.4 Å². The van der Waals surface area contributed by atoms with Crippen LogP contribution in [-0.2, 0) is 9.53 Å². The summed E-state index contributed by atoms with van der Waals surface area (Å²) in [4.78, 5) is 30.5. The molecule has 166 valence electrons. The molecule has 32 heavy (non-hydrogen) atoms. The van der Waals surface area contributed by atoms with Crippen LogP contribution >= 0.6 is 11.6 Å². The van der Waals surface area contributed by atoms with Gasteiger partial charge in [-0.2, -0.15) is 5.10 Å². The third-order valence-electron chi connectivity index (χ3n) is 6.56. The van der Waals surface area contributed by atoms with Crippen LogP contribution in [0.15, 0.2) is 30.6 Å². The van der Waals surface area contributed by atoms with Crippen molar-refractivity contribution in [2.24, 2.45) is 5.41 Å². The Bertz CT molecular complexity index is 1200. The summed E-state index contributed by atoms with van der Waals surface area (Å²) in [5, 5.41) is 14.0. The highest BCUT2D eigenvalue weighted by molar-refractivity contribution is 6.34. The number of carbonyl (C=O) groups excluding carboxylic acids is 2. The smallest absolute Gasteiger partial charge is 0.412 e. The van der Waals surface area contributed by atoms with Crippen LogP contribution in [0.1, 0.15) is 19.3 Å². The van der Waals surface area contributed by atoms with Crippen molar-refractivity contribution in [1.82, 2.24) is 20.5 Å². The number of rotatable bonds is 3. The molecule has 2 aliphatic rings. The van der Waals surface area contributed by atoms with E-state index in [1.807, 2.05) is 18.2 Å². The van der Waals surface area contributed by atoms with E-state index in [2.05, 4.69) is 35.5 Å². The molecule has 1 spiro atoms.